The van der Waals surface area contributed by atoms with E-state index >= 15 is 0 Å². The van der Waals surface area contributed by atoms with E-state index in [2.05, 4.69) is 10.3 Å². The highest BCUT2D eigenvalue weighted by Gasteiger charge is 2.18. The number of rotatable bonds is 3. The average molecular weight is 316 g/mol. The summed E-state index contributed by atoms with van der Waals surface area (Å²) in [6.07, 6.45) is 0. The van der Waals surface area contributed by atoms with Gasteiger partial charge < -0.3 is 15.0 Å². The predicted octanol–water partition coefficient (Wildman–Crippen LogP) is 4.02. The first-order valence-corrected chi connectivity index (χ1v) is 6.93. The van der Waals surface area contributed by atoms with Gasteiger partial charge in [0.15, 0.2) is 0 Å². The van der Waals surface area contributed by atoms with Crippen LogP contribution in [-0.2, 0) is 0 Å². The molecule has 4 nitrogen and oxygen atoms in total. The lowest BCUT2D eigenvalue weighted by Gasteiger charge is -2.07. The molecule has 6 heteroatoms. The summed E-state index contributed by atoms with van der Waals surface area (Å²) in [5.74, 6) is -1.62. The van der Waals surface area contributed by atoms with Gasteiger partial charge >= 0.3 is 0 Å². The Morgan fingerprint density at radius 3 is 2.52 bits per heavy atom. The molecule has 0 fully saturated rings. The number of halogens is 2. The van der Waals surface area contributed by atoms with E-state index in [0.717, 1.165) is 17.5 Å². The van der Waals surface area contributed by atoms with Gasteiger partial charge in [0.25, 0.3) is 5.91 Å². The molecule has 0 aliphatic rings. The average Bonchev–Trinajstić information content (AvgIpc) is 2.87. The van der Waals surface area contributed by atoms with Gasteiger partial charge in [-0.25, -0.2) is 8.78 Å². The van der Waals surface area contributed by atoms with E-state index in [1.165, 1.54) is 6.07 Å². The van der Waals surface area contributed by atoms with E-state index in [0.29, 0.717) is 16.8 Å². The molecule has 0 bridgehead atoms. The Morgan fingerprint density at radius 1 is 1.17 bits per heavy atom. The highest BCUT2D eigenvalue weighted by atomic mass is 19.1. The summed E-state index contributed by atoms with van der Waals surface area (Å²) in [7, 11) is 1.55. The lowest BCUT2D eigenvalue weighted by atomic mass is 10.1. The maximum absolute atomic E-state index is 13.6. The molecule has 23 heavy (non-hydrogen) atoms. The van der Waals surface area contributed by atoms with E-state index in [1.54, 1.807) is 26.2 Å². The van der Waals surface area contributed by atoms with E-state index in [-0.39, 0.29) is 5.69 Å². The number of aromatic amines is 1. The van der Waals surface area contributed by atoms with Crippen molar-refractivity contribution >= 4 is 22.5 Å². The molecule has 1 amide bonds. The van der Waals surface area contributed by atoms with Crippen LogP contribution in [0.25, 0.3) is 10.9 Å². The lowest BCUT2D eigenvalue weighted by molar-refractivity contribution is 0.102. The molecule has 2 aromatic carbocycles. The molecule has 0 unspecified atom stereocenters. The van der Waals surface area contributed by atoms with Crippen LogP contribution < -0.4 is 10.1 Å². The number of nitrogens with one attached hydrogen (secondary N) is 2. The molecule has 0 atom stereocenters. The van der Waals surface area contributed by atoms with Crippen LogP contribution in [0.2, 0.25) is 0 Å². The summed E-state index contributed by atoms with van der Waals surface area (Å²) in [6, 6.07) is 8.76. The monoisotopic (exact) mass is 316 g/mol. The van der Waals surface area contributed by atoms with Crippen LogP contribution in [0, 0.1) is 18.6 Å². The first-order chi connectivity index (χ1) is 11.0. The Kier molecular flexibility index (Phi) is 3.73. The summed E-state index contributed by atoms with van der Waals surface area (Å²) in [5, 5.41) is 3.11. The Balaban J connectivity index is 1.99. The van der Waals surface area contributed by atoms with Crippen LogP contribution in [-0.4, -0.2) is 18.0 Å². The summed E-state index contributed by atoms with van der Waals surface area (Å²) < 4.78 is 32.4. The van der Waals surface area contributed by atoms with Crippen molar-refractivity contribution in [3.63, 3.8) is 0 Å². The number of ether oxygens (including phenoxy) is 1. The highest BCUT2D eigenvalue weighted by Crippen LogP contribution is 2.27. The molecule has 3 aromatic rings. The molecule has 1 aromatic heterocycles. The van der Waals surface area contributed by atoms with Gasteiger partial charge in [-0.1, -0.05) is 6.07 Å². The Morgan fingerprint density at radius 2 is 1.87 bits per heavy atom. The fourth-order valence-electron chi connectivity index (χ4n) is 2.46. The third kappa shape index (κ3) is 2.63. The molecule has 0 aliphatic heterocycles. The Bertz CT molecular complexity index is 883. The predicted molar refractivity (Wildman–Crippen MR) is 83.9 cm³/mol. The Hall–Kier alpha value is -2.89. The number of para-hydroxylation sites is 1. The molecule has 0 saturated carbocycles. The number of hydrogen-bond acceptors (Lipinski definition) is 2. The van der Waals surface area contributed by atoms with Gasteiger partial charge in [-0.2, -0.15) is 0 Å². The maximum Gasteiger partial charge on any atom is 0.272 e. The second-order valence-corrected chi connectivity index (χ2v) is 5.09. The molecule has 1 heterocycles. The van der Waals surface area contributed by atoms with Crippen LogP contribution >= 0.6 is 0 Å². The summed E-state index contributed by atoms with van der Waals surface area (Å²) in [5.41, 5.74) is 1.18. The topological polar surface area (TPSA) is 54.1 Å². The minimum absolute atomic E-state index is 0.246. The molecule has 0 spiro atoms. The SMILES string of the molecule is COc1ccc2c(C)c(C(=O)Nc3c(F)cccc3F)[nH]c2c1. The number of aromatic nitrogens is 1. The summed E-state index contributed by atoms with van der Waals surface area (Å²) in [4.78, 5) is 15.3. The minimum Gasteiger partial charge on any atom is -0.497 e. The lowest BCUT2D eigenvalue weighted by Crippen LogP contribution is -2.15. The fourth-order valence-corrected chi connectivity index (χ4v) is 2.46. The van der Waals surface area contributed by atoms with Gasteiger partial charge in [-0.3, -0.25) is 4.79 Å². The van der Waals surface area contributed by atoms with E-state index in [4.69, 9.17) is 4.74 Å². The zero-order chi connectivity index (χ0) is 16.6. The number of carbonyl (C=O) groups excluding carboxylic acids is 1. The quantitative estimate of drug-likeness (QED) is 0.767. The van der Waals surface area contributed by atoms with Crippen LogP contribution in [0.4, 0.5) is 14.5 Å². The van der Waals surface area contributed by atoms with Crippen molar-refractivity contribution < 1.29 is 18.3 Å². The van der Waals surface area contributed by atoms with Gasteiger partial charge in [-0.05, 0) is 36.8 Å². The zero-order valence-electron chi connectivity index (χ0n) is 12.5. The third-order valence-electron chi connectivity index (χ3n) is 3.69. The molecule has 2 N–H and O–H groups in total. The number of amides is 1. The third-order valence-corrected chi connectivity index (χ3v) is 3.69. The number of carbonyl (C=O) groups is 1. The van der Waals surface area contributed by atoms with Crippen molar-refractivity contribution in [3.8, 4) is 5.75 Å². The van der Waals surface area contributed by atoms with Crippen molar-refractivity contribution in [3.05, 3.63) is 59.3 Å². The number of aryl methyl sites for hydroxylation is 1. The zero-order valence-corrected chi connectivity index (χ0v) is 12.5. The van der Waals surface area contributed by atoms with Gasteiger partial charge in [0.2, 0.25) is 0 Å². The molecule has 3 rings (SSSR count). The number of anilines is 1. The number of fused-ring (bicyclic) bond motifs is 1. The molecular weight excluding hydrogens is 302 g/mol. The standard InChI is InChI=1S/C17H14F2N2O2/c1-9-11-7-6-10(23-2)8-14(11)20-15(9)17(22)21-16-12(18)4-3-5-13(16)19/h3-8,20H,1-2H3,(H,21,22). The van der Waals surface area contributed by atoms with Crippen LogP contribution in [0.15, 0.2) is 36.4 Å². The van der Waals surface area contributed by atoms with Gasteiger partial charge in [0.05, 0.1) is 7.11 Å². The first kappa shape index (κ1) is 15.0. The highest BCUT2D eigenvalue weighted by molar-refractivity contribution is 6.08. The van der Waals surface area contributed by atoms with Crippen molar-refractivity contribution in [2.24, 2.45) is 0 Å². The molecule has 0 aliphatic carbocycles. The summed E-state index contributed by atoms with van der Waals surface area (Å²) >= 11 is 0. The molecule has 118 valence electrons. The van der Waals surface area contributed by atoms with Crippen LogP contribution in [0.1, 0.15) is 16.1 Å². The number of benzene rings is 2. The van der Waals surface area contributed by atoms with Crippen LogP contribution in [0.3, 0.4) is 0 Å². The first-order valence-electron chi connectivity index (χ1n) is 6.93. The molecular formula is C17H14F2N2O2. The van der Waals surface area contributed by atoms with E-state index in [1.807, 2.05) is 6.07 Å². The van der Waals surface area contributed by atoms with Gasteiger partial charge in [-0.15, -0.1) is 0 Å². The van der Waals surface area contributed by atoms with E-state index < -0.39 is 23.2 Å². The second kappa shape index (κ2) is 5.72. The second-order valence-electron chi connectivity index (χ2n) is 5.09. The summed E-state index contributed by atoms with van der Waals surface area (Å²) in [6.45, 7) is 1.76. The fraction of sp³-hybridized carbons (Fsp3) is 0.118. The molecule has 0 radical (unpaired) electrons. The number of H-pyrrole nitrogens is 1. The van der Waals surface area contributed by atoms with Crippen LogP contribution in [0.5, 0.6) is 5.75 Å². The van der Waals surface area contributed by atoms with Crippen molar-refractivity contribution in [1.82, 2.24) is 4.98 Å². The van der Waals surface area contributed by atoms with Crippen molar-refractivity contribution in [2.45, 2.75) is 6.92 Å². The largest absolute Gasteiger partial charge is 0.497 e. The number of hydrogen-bond donors (Lipinski definition) is 2. The Labute approximate surface area is 131 Å². The maximum atomic E-state index is 13.6. The van der Waals surface area contributed by atoms with Gasteiger partial charge in [0, 0.05) is 17.0 Å². The normalized spacial score (nSPS) is 10.8. The van der Waals surface area contributed by atoms with Crippen molar-refractivity contribution in [1.29, 1.82) is 0 Å². The van der Waals surface area contributed by atoms with Crippen molar-refractivity contribution in [2.75, 3.05) is 12.4 Å². The smallest absolute Gasteiger partial charge is 0.272 e. The molecule has 0 saturated heterocycles. The van der Waals surface area contributed by atoms with E-state index in [9.17, 15) is 13.6 Å². The van der Waals surface area contributed by atoms with Gasteiger partial charge in [0.1, 0.15) is 28.8 Å². The number of methoxy groups -OCH3 is 1. The minimum atomic E-state index is -0.825.